The van der Waals surface area contributed by atoms with Crippen LogP contribution in [0.1, 0.15) is 27.2 Å². The van der Waals surface area contributed by atoms with Crippen LogP contribution in [0.15, 0.2) is 53.3 Å². The zero-order valence-corrected chi connectivity index (χ0v) is 15.9. The molecule has 1 N–H and O–H groups in total. The molecule has 28 heavy (non-hydrogen) atoms. The molecular weight excluding hydrogens is 354 g/mol. The minimum absolute atomic E-state index is 0.0555. The van der Waals surface area contributed by atoms with Gasteiger partial charge in [-0.3, -0.25) is 9.59 Å². The van der Waals surface area contributed by atoms with Crippen molar-refractivity contribution in [1.82, 2.24) is 14.9 Å². The van der Waals surface area contributed by atoms with Crippen LogP contribution in [-0.2, 0) is 13.0 Å². The molecule has 142 valence electrons. The van der Waals surface area contributed by atoms with Gasteiger partial charge in [-0.2, -0.15) is 0 Å². The highest BCUT2D eigenvalue weighted by atomic mass is 16.5. The van der Waals surface area contributed by atoms with E-state index in [1.807, 2.05) is 55.5 Å². The highest BCUT2D eigenvalue weighted by Crippen LogP contribution is 2.23. The number of ether oxygens (including phenoxy) is 1. The van der Waals surface area contributed by atoms with Crippen molar-refractivity contribution in [3.05, 3.63) is 81.3 Å². The summed E-state index contributed by atoms with van der Waals surface area (Å²) in [6.07, 6.45) is 0.549. The Kier molecular flexibility index (Phi) is 4.69. The average molecular weight is 375 g/mol. The smallest absolute Gasteiger partial charge is 0.256 e. The second-order valence-corrected chi connectivity index (χ2v) is 6.86. The van der Waals surface area contributed by atoms with E-state index in [1.54, 1.807) is 12.0 Å². The summed E-state index contributed by atoms with van der Waals surface area (Å²) in [5.41, 5.74) is 3.49. The van der Waals surface area contributed by atoms with Gasteiger partial charge in [0.25, 0.3) is 11.5 Å². The Balaban J connectivity index is 1.64. The number of hydrogen-bond acceptors (Lipinski definition) is 4. The van der Waals surface area contributed by atoms with Crippen molar-refractivity contribution in [2.24, 2.45) is 0 Å². The predicted molar refractivity (Wildman–Crippen MR) is 106 cm³/mol. The molecule has 1 aliphatic rings. The van der Waals surface area contributed by atoms with E-state index in [9.17, 15) is 9.59 Å². The lowest BCUT2D eigenvalue weighted by Gasteiger charge is -2.28. The molecule has 0 unspecified atom stereocenters. The van der Waals surface area contributed by atoms with Gasteiger partial charge >= 0.3 is 0 Å². The van der Waals surface area contributed by atoms with Crippen molar-refractivity contribution >= 4 is 5.91 Å². The van der Waals surface area contributed by atoms with Crippen molar-refractivity contribution in [3.8, 4) is 17.1 Å². The molecule has 0 aliphatic carbocycles. The van der Waals surface area contributed by atoms with Crippen LogP contribution in [0.3, 0.4) is 0 Å². The van der Waals surface area contributed by atoms with Crippen LogP contribution in [0.25, 0.3) is 11.4 Å². The van der Waals surface area contributed by atoms with E-state index in [2.05, 4.69) is 9.97 Å². The second kappa shape index (κ2) is 7.31. The Bertz CT molecular complexity index is 1100. The quantitative estimate of drug-likeness (QED) is 0.764. The number of aromatic nitrogens is 2. The predicted octanol–water partition coefficient (Wildman–Crippen LogP) is 2.95. The van der Waals surface area contributed by atoms with E-state index in [0.29, 0.717) is 35.7 Å². The summed E-state index contributed by atoms with van der Waals surface area (Å²) in [6, 6.07) is 14.9. The third-order valence-corrected chi connectivity index (χ3v) is 5.07. The van der Waals surface area contributed by atoms with Crippen LogP contribution in [0.5, 0.6) is 5.75 Å². The maximum absolute atomic E-state index is 12.9. The number of benzene rings is 2. The first-order valence-electron chi connectivity index (χ1n) is 9.18. The Labute approximate surface area is 162 Å². The Morgan fingerprint density at radius 3 is 2.79 bits per heavy atom. The zero-order chi connectivity index (χ0) is 19.7. The molecule has 0 bridgehead atoms. The fourth-order valence-electron chi connectivity index (χ4n) is 3.49. The van der Waals surface area contributed by atoms with Crippen LogP contribution >= 0.6 is 0 Å². The number of H-pyrrole nitrogens is 1. The van der Waals surface area contributed by atoms with E-state index in [0.717, 1.165) is 16.8 Å². The molecule has 0 atom stereocenters. The number of aromatic amines is 1. The van der Waals surface area contributed by atoms with Crippen LogP contribution in [0, 0.1) is 6.92 Å². The Morgan fingerprint density at radius 2 is 2.00 bits per heavy atom. The maximum atomic E-state index is 12.9. The summed E-state index contributed by atoms with van der Waals surface area (Å²) >= 11 is 0. The van der Waals surface area contributed by atoms with E-state index in [4.69, 9.17) is 4.74 Å². The van der Waals surface area contributed by atoms with Crippen molar-refractivity contribution in [2.45, 2.75) is 19.9 Å². The lowest BCUT2D eigenvalue weighted by molar-refractivity contribution is 0.0732. The number of amides is 1. The topological polar surface area (TPSA) is 75.3 Å². The largest absolute Gasteiger partial charge is 0.497 e. The minimum atomic E-state index is -0.204. The molecule has 0 radical (unpaired) electrons. The van der Waals surface area contributed by atoms with Crippen molar-refractivity contribution in [1.29, 1.82) is 0 Å². The molecule has 0 fully saturated rings. The molecule has 0 spiro atoms. The molecule has 3 aromatic rings. The third kappa shape index (κ3) is 3.29. The highest BCUT2D eigenvalue weighted by Gasteiger charge is 2.26. The summed E-state index contributed by atoms with van der Waals surface area (Å²) < 4.78 is 5.25. The standard InChI is InChI=1S/C22H21N3O3/c1-14-6-3-4-9-17(14)22(27)25-11-10-19-18(13-25)21(26)24-20(23-19)15-7-5-8-16(12-15)28-2/h3-9,12H,10-11,13H2,1-2H3,(H,23,24,26). The number of carbonyl (C=O) groups excluding carboxylic acids is 1. The fourth-order valence-corrected chi connectivity index (χ4v) is 3.49. The molecule has 1 aromatic heterocycles. The molecule has 2 aromatic carbocycles. The lowest BCUT2D eigenvalue weighted by Crippen LogP contribution is -2.39. The van der Waals surface area contributed by atoms with Crippen molar-refractivity contribution in [2.75, 3.05) is 13.7 Å². The van der Waals surface area contributed by atoms with Crippen LogP contribution in [0.2, 0.25) is 0 Å². The van der Waals surface area contributed by atoms with E-state index in [-0.39, 0.29) is 18.0 Å². The summed E-state index contributed by atoms with van der Waals surface area (Å²) in [6.45, 7) is 2.72. The molecule has 0 saturated carbocycles. The van der Waals surface area contributed by atoms with Crippen LogP contribution < -0.4 is 10.3 Å². The first-order chi connectivity index (χ1) is 13.6. The van der Waals surface area contributed by atoms with Gasteiger partial charge in [-0.1, -0.05) is 30.3 Å². The van der Waals surface area contributed by atoms with Gasteiger partial charge in [0.1, 0.15) is 11.6 Å². The Hall–Kier alpha value is -3.41. The van der Waals surface area contributed by atoms with Crippen LogP contribution in [-0.4, -0.2) is 34.4 Å². The number of methoxy groups -OCH3 is 1. The van der Waals surface area contributed by atoms with Gasteiger partial charge in [-0.25, -0.2) is 4.98 Å². The van der Waals surface area contributed by atoms with Crippen molar-refractivity contribution < 1.29 is 9.53 Å². The number of fused-ring (bicyclic) bond motifs is 1. The van der Waals surface area contributed by atoms with E-state index in [1.165, 1.54) is 0 Å². The van der Waals surface area contributed by atoms with Gasteiger partial charge in [-0.15, -0.1) is 0 Å². The monoisotopic (exact) mass is 375 g/mol. The number of nitrogens with zero attached hydrogens (tertiary/aromatic N) is 2. The normalized spacial score (nSPS) is 13.1. The number of carbonyl (C=O) groups is 1. The number of nitrogens with one attached hydrogen (secondary N) is 1. The van der Waals surface area contributed by atoms with E-state index < -0.39 is 0 Å². The number of rotatable bonds is 3. The molecule has 1 aliphatic heterocycles. The fraction of sp³-hybridized carbons (Fsp3) is 0.227. The van der Waals surface area contributed by atoms with Gasteiger partial charge in [0.2, 0.25) is 0 Å². The number of hydrogen-bond donors (Lipinski definition) is 1. The van der Waals surface area contributed by atoms with E-state index >= 15 is 0 Å². The number of aryl methyl sites for hydroxylation is 1. The zero-order valence-electron chi connectivity index (χ0n) is 15.9. The first kappa shape index (κ1) is 18.0. The van der Waals surface area contributed by atoms with Crippen LogP contribution in [0.4, 0.5) is 0 Å². The lowest BCUT2D eigenvalue weighted by atomic mass is 10.0. The minimum Gasteiger partial charge on any atom is -0.497 e. The molecule has 4 rings (SSSR count). The first-order valence-corrected chi connectivity index (χ1v) is 9.18. The molecule has 2 heterocycles. The molecule has 0 saturated heterocycles. The summed E-state index contributed by atoms with van der Waals surface area (Å²) in [5, 5.41) is 0. The van der Waals surface area contributed by atoms with Gasteiger partial charge in [-0.05, 0) is 30.7 Å². The van der Waals surface area contributed by atoms with Gasteiger partial charge < -0.3 is 14.6 Å². The Morgan fingerprint density at radius 1 is 1.18 bits per heavy atom. The summed E-state index contributed by atoms with van der Waals surface area (Å²) in [4.78, 5) is 34.8. The van der Waals surface area contributed by atoms with Gasteiger partial charge in [0.15, 0.2) is 0 Å². The SMILES string of the molecule is COc1cccc(-c2nc3c(c(=O)[nH]2)CN(C(=O)c2ccccc2C)CC3)c1. The molecule has 6 nitrogen and oxygen atoms in total. The molecular formula is C22H21N3O3. The molecule has 6 heteroatoms. The molecule has 1 amide bonds. The second-order valence-electron chi connectivity index (χ2n) is 6.86. The summed E-state index contributed by atoms with van der Waals surface area (Å²) in [5.74, 6) is 1.16. The van der Waals surface area contributed by atoms with Crippen molar-refractivity contribution in [3.63, 3.8) is 0 Å². The maximum Gasteiger partial charge on any atom is 0.256 e. The van der Waals surface area contributed by atoms with Gasteiger partial charge in [0.05, 0.1) is 24.9 Å². The average Bonchev–Trinajstić information content (AvgIpc) is 2.73. The highest BCUT2D eigenvalue weighted by molar-refractivity contribution is 5.95. The third-order valence-electron chi connectivity index (χ3n) is 5.07. The van der Waals surface area contributed by atoms with Gasteiger partial charge in [0, 0.05) is 24.1 Å². The summed E-state index contributed by atoms with van der Waals surface area (Å²) in [7, 11) is 1.60.